The molecule has 2 nitrogen and oxygen atoms in total. The molecule has 3 aromatic rings. The Hall–Kier alpha value is -2.87. The highest BCUT2D eigenvalue weighted by Crippen LogP contribution is 2.38. The van der Waals surface area contributed by atoms with Crippen LogP contribution in [0.5, 0.6) is 0 Å². The fourth-order valence-electron chi connectivity index (χ4n) is 4.95. The third-order valence-electron chi connectivity index (χ3n) is 6.96. The van der Waals surface area contributed by atoms with Crippen molar-refractivity contribution in [2.75, 3.05) is 5.32 Å². The molecule has 32 heavy (non-hydrogen) atoms. The van der Waals surface area contributed by atoms with Crippen LogP contribution in [0.2, 0.25) is 0 Å². The van der Waals surface area contributed by atoms with Gasteiger partial charge in [0.2, 0.25) is 0 Å². The van der Waals surface area contributed by atoms with E-state index in [-0.39, 0.29) is 5.91 Å². The monoisotopic (exact) mass is 425 g/mol. The van der Waals surface area contributed by atoms with Crippen molar-refractivity contribution in [2.45, 2.75) is 64.2 Å². The second kappa shape index (κ2) is 11.1. The Morgan fingerprint density at radius 3 is 2.03 bits per heavy atom. The molecule has 4 rings (SSSR count). The second-order valence-corrected chi connectivity index (χ2v) is 9.23. The van der Waals surface area contributed by atoms with Crippen LogP contribution in [-0.4, -0.2) is 5.91 Å². The summed E-state index contributed by atoms with van der Waals surface area (Å²) in [6, 6.07) is 26.6. The van der Waals surface area contributed by atoms with E-state index in [4.69, 9.17) is 0 Å². The van der Waals surface area contributed by atoms with Crippen LogP contribution in [0.15, 0.2) is 78.9 Å². The van der Waals surface area contributed by atoms with Gasteiger partial charge in [-0.3, -0.25) is 4.79 Å². The minimum absolute atomic E-state index is 0.0802. The zero-order chi connectivity index (χ0) is 22.2. The zero-order valence-corrected chi connectivity index (χ0v) is 19.2. The topological polar surface area (TPSA) is 29.1 Å². The van der Waals surface area contributed by atoms with E-state index in [0.717, 1.165) is 23.1 Å². The largest absolute Gasteiger partial charge is 0.322 e. The van der Waals surface area contributed by atoms with E-state index in [1.807, 2.05) is 54.6 Å². The van der Waals surface area contributed by atoms with Gasteiger partial charge in [0.15, 0.2) is 0 Å². The van der Waals surface area contributed by atoms with Gasteiger partial charge < -0.3 is 5.32 Å². The Balaban J connectivity index is 1.32. The number of unbranched alkanes of at least 4 members (excludes halogenated alkanes) is 2. The minimum atomic E-state index is -0.0802. The molecule has 0 atom stereocenters. The van der Waals surface area contributed by atoms with E-state index in [0.29, 0.717) is 5.56 Å². The average Bonchev–Trinajstić information content (AvgIpc) is 2.85. The number of rotatable bonds is 8. The van der Waals surface area contributed by atoms with E-state index in [9.17, 15) is 4.79 Å². The van der Waals surface area contributed by atoms with Gasteiger partial charge in [-0.15, -0.1) is 0 Å². The summed E-state index contributed by atoms with van der Waals surface area (Å²) in [5.41, 5.74) is 5.32. The first-order valence-corrected chi connectivity index (χ1v) is 12.3. The molecule has 0 saturated heterocycles. The van der Waals surface area contributed by atoms with Crippen molar-refractivity contribution >= 4 is 11.6 Å². The van der Waals surface area contributed by atoms with E-state index in [2.05, 4.69) is 36.5 Å². The number of carbonyl (C=O) groups excluding carboxylic acids is 1. The molecule has 0 aliphatic heterocycles. The Kier molecular flexibility index (Phi) is 7.77. The maximum atomic E-state index is 12.5. The van der Waals surface area contributed by atoms with E-state index in [1.54, 1.807) is 0 Å². The molecule has 1 N–H and O–H groups in total. The quantitative estimate of drug-likeness (QED) is 0.360. The summed E-state index contributed by atoms with van der Waals surface area (Å²) < 4.78 is 0. The summed E-state index contributed by atoms with van der Waals surface area (Å²) >= 11 is 0. The predicted molar refractivity (Wildman–Crippen MR) is 135 cm³/mol. The average molecular weight is 426 g/mol. The van der Waals surface area contributed by atoms with Crippen LogP contribution in [0.3, 0.4) is 0 Å². The number of nitrogens with one attached hydrogen (secondary N) is 1. The lowest BCUT2D eigenvalue weighted by Crippen LogP contribution is -2.13. The van der Waals surface area contributed by atoms with Crippen LogP contribution < -0.4 is 5.32 Å². The van der Waals surface area contributed by atoms with Crippen molar-refractivity contribution in [2.24, 2.45) is 5.92 Å². The zero-order valence-electron chi connectivity index (χ0n) is 19.2. The van der Waals surface area contributed by atoms with Crippen LogP contribution in [0.4, 0.5) is 5.69 Å². The highest BCUT2D eigenvalue weighted by atomic mass is 16.1. The number of para-hydroxylation sites is 1. The fourth-order valence-corrected chi connectivity index (χ4v) is 4.95. The van der Waals surface area contributed by atoms with Crippen molar-refractivity contribution in [3.05, 3.63) is 90.0 Å². The Morgan fingerprint density at radius 2 is 1.41 bits per heavy atom. The summed E-state index contributed by atoms with van der Waals surface area (Å²) in [5.74, 6) is 1.59. The molecule has 0 spiro atoms. The number of hydrogen-bond acceptors (Lipinski definition) is 1. The van der Waals surface area contributed by atoms with E-state index in [1.165, 1.54) is 62.5 Å². The van der Waals surface area contributed by atoms with E-state index < -0.39 is 0 Å². The molecule has 0 unspecified atom stereocenters. The van der Waals surface area contributed by atoms with Crippen LogP contribution in [-0.2, 0) is 0 Å². The van der Waals surface area contributed by atoms with Gasteiger partial charge in [-0.2, -0.15) is 0 Å². The molecule has 1 fully saturated rings. The maximum Gasteiger partial charge on any atom is 0.255 e. The third-order valence-corrected chi connectivity index (χ3v) is 6.96. The van der Waals surface area contributed by atoms with Crippen molar-refractivity contribution in [1.82, 2.24) is 0 Å². The molecule has 0 bridgehead atoms. The molecule has 0 aromatic heterocycles. The van der Waals surface area contributed by atoms with Crippen molar-refractivity contribution < 1.29 is 4.79 Å². The first-order valence-electron chi connectivity index (χ1n) is 12.3. The minimum Gasteiger partial charge on any atom is -0.322 e. The molecule has 1 aliphatic carbocycles. The van der Waals surface area contributed by atoms with Crippen molar-refractivity contribution in [3.63, 3.8) is 0 Å². The lowest BCUT2D eigenvalue weighted by molar-refractivity contribution is 0.102. The van der Waals surface area contributed by atoms with Gasteiger partial charge in [0.1, 0.15) is 0 Å². The number of benzene rings is 3. The van der Waals surface area contributed by atoms with Crippen LogP contribution >= 0.6 is 0 Å². The van der Waals surface area contributed by atoms with Gasteiger partial charge in [-0.25, -0.2) is 0 Å². The van der Waals surface area contributed by atoms with Crippen LogP contribution in [0.25, 0.3) is 11.1 Å². The van der Waals surface area contributed by atoms with Crippen molar-refractivity contribution in [1.29, 1.82) is 0 Å². The smallest absolute Gasteiger partial charge is 0.255 e. The van der Waals surface area contributed by atoms with Gasteiger partial charge in [0.25, 0.3) is 5.91 Å². The Labute approximate surface area is 193 Å². The summed E-state index contributed by atoms with van der Waals surface area (Å²) in [7, 11) is 0. The molecule has 0 radical (unpaired) electrons. The van der Waals surface area contributed by atoms with Crippen LogP contribution in [0, 0.1) is 5.92 Å². The molecule has 0 heterocycles. The lowest BCUT2D eigenvalue weighted by Gasteiger charge is -2.29. The fraction of sp³-hybridized carbons (Fsp3) is 0.367. The number of carbonyl (C=O) groups is 1. The maximum absolute atomic E-state index is 12.5. The number of anilines is 1. The SMILES string of the molecule is CCCCCC1CCC(c2ccc(-c3ccc(C(=O)Nc4ccccc4)cc3)cc2)CC1. The van der Waals surface area contributed by atoms with Crippen molar-refractivity contribution in [3.8, 4) is 11.1 Å². The molecule has 2 heteroatoms. The van der Waals surface area contributed by atoms with Crippen LogP contribution in [0.1, 0.15) is 80.1 Å². The first kappa shape index (κ1) is 22.3. The first-order chi connectivity index (χ1) is 15.7. The molecular weight excluding hydrogens is 390 g/mol. The highest BCUT2D eigenvalue weighted by molar-refractivity contribution is 6.04. The normalized spacial score (nSPS) is 18.3. The molecule has 1 saturated carbocycles. The van der Waals surface area contributed by atoms with Gasteiger partial charge >= 0.3 is 0 Å². The Morgan fingerprint density at radius 1 is 0.781 bits per heavy atom. The van der Waals surface area contributed by atoms with Gasteiger partial charge in [0.05, 0.1) is 0 Å². The predicted octanol–water partition coefficient (Wildman–Crippen LogP) is 8.46. The molecule has 166 valence electrons. The van der Waals surface area contributed by atoms with Gasteiger partial charge in [-0.1, -0.05) is 87.2 Å². The highest BCUT2D eigenvalue weighted by Gasteiger charge is 2.22. The van der Waals surface area contributed by atoms with Gasteiger partial charge in [0, 0.05) is 11.3 Å². The molecular formula is C30H35NO. The second-order valence-electron chi connectivity index (χ2n) is 9.23. The molecule has 3 aromatic carbocycles. The molecule has 1 aliphatic rings. The summed E-state index contributed by atoms with van der Waals surface area (Å²) in [6.45, 7) is 2.29. The third kappa shape index (κ3) is 5.88. The lowest BCUT2D eigenvalue weighted by atomic mass is 9.77. The van der Waals surface area contributed by atoms with E-state index >= 15 is 0 Å². The standard InChI is InChI=1S/C30H35NO/c1-2-3-5-8-23-11-13-24(14-12-23)25-15-17-26(18-16-25)27-19-21-28(22-20-27)30(32)31-29-9-6-4-7-10-29/h4,6-7,9-10,15-24H,2-3,5,8,11-14H2,1H3,(H,31,32). The number of hydrogen-bond donors (Lipinski definition) is 1. The van der Waals surface area contributed by atoms with Gasteiger partial charge in [-0.05, 0) is 78.5 Å². The Bertz CT molecular complexity index is 968. The molecule has 1 amide bonds. The summed E-state index contributed by atoms with van der Waals surface area (Å²) in [4.78, 5) is 12.5. The summed E-state index contributed by atoms with van der Waals surface area (Å²) in [6.07, 6.45) is 11.0. The summed E-state index contributed by atoms with van der Waals surface area (Å²) in [5, 5.41) is 2.94. The number of amides is 1.